The van der Waals surface area contributed by atoms with Crippen LogP contribution in [-0.2, 0) is 6.42 Å². The third-order valence-corrected chi connectivity index (χ3v) is 3.26. The van der Waals surface area contributed by atoms with E-state index in [1.54, 1.807) is 20.2 Å². The molecule has 2 rings (SSSR count). The van der Waals surface area contributed by atoms with Crippen molar-refractivity contribution in [2.45, 2.75) is 25.1 Å². The Morgan fingerprint density at radius 3 is 2.30 bits per heavy atom. The largest absolute Gasteiger partial charge is 0.376 e. The number of ketones is 1. The summed E-state index contributed by atoms with van der Waals surface area (Å²) in [5.41, 5.74) is 6.94. The van der Waals surface area contributed by atoms with Crippen molar-refractivity contribution in [2.24, 2.45) is 5.73 Å². The number of Topliss-reactive ketones (excluding diaryl/α,β-unsaturated/α-hetero) is 1. The average Bonchev–Trinajstić information content (AvgIpc) is 3.10. The van der Waals surface area contributed by atoms with E-state index in [1.807, 2.05) is 6.07 Å². The topological polar surface area (TPSA) is 83.8 Å². The van der Waals surface area contributed by atoms with Crippen LogP contribution in [0.5, 0.6) is 0 Å². The van der Waals surface area contributed by atoms with E-state index in [9.17, 15) is 4.79 Å². The Kier molecular flexibility index (Phi) is 11.8. The summed E-state index contributed by atoms with van der Waals surface area (Å²) in [6.07, 6.45) is 4.24. The smallest absolute Gasteiger partial charge is 0.179 e. The van der Waals surface area contributed by atoms with Crippen molar-refractivity contribution in [1.82, 2.24) is 15.5 Å². The Balaban J connectivity index is 0.000000335. The van der Waals surface area contributed by atoms with Gasteiger partial charge >= 0.3 is 0 Å². The van der Waals surface area contributed by atoms with Gasteiger partial charge < -0.3 is 11.1 Å². The van der Waals surface area contributed by atoms with Crippen molar-refractivity contribution in [3.05, 3.63) is 53.9 Å². The van der Waals surface area contributed by atoms with E-state index < -0.39 is 0 Å². The van der Waals surface area contributed by atoms with Crippen LogP contribution in [0.3, 0.4) is 0 Å². The summed E-state index contributed by atoms with van der Waals surface area (Å²) < 4.78 is 0. The van der Waals surface area contributed by atoms with Crippen LogP contribution in [0.2, 0.25) is 0 Å². The van der Waals surface area contributed by atoms with E-state index in [1.165, 1.54) is 11.8 Å². The first-order chi connectivity index (χ1) is 10.9. The summed E-state index contributed by atoms with van der Waals surface area (Å²) >= 11 is 7.53. The summed E-state index contributed by atoms with van der Waals surface area (Å²) in [5, 5.41) is 9.11. The van der Waals surface area contributed by atoms with Crippen LogP contribution < -0.4 is 11.1 Å². The molecule has 1 aromatic carbocycles. The first kappa shape index (κ1) is 21.3. The maximum Gasteiger partial charge on any atom is 0.179 e. The van der Waals surface area contributed by atoms with E-state index in [-0.39, 0.29) is 10.6 Å². The lowest BCUT2D eigenvalue weighted by Gasteiger charge is -1.95. The lowest BCUT2D eigenvalue weighted by atomic mass is 10.2. The molecule has 0 bridgehead atoms. The maximum atomic E-state index is 11.1. The van der Waals surface area contributed by atoms with Crippen LogP contribution in [0, 0.1) is 0 Å². The van der Waals surface area contributed by atoms with Crippen LogP contribution in [-0.4, -0.2) is 33.0 Å². The molecule has 2 aromatic rings. The number of hydrogen-bond donors (Lipinski definition) is 3. The number of aromatic nitrogens is 2. The minimum Gasteiger partial charge on any atom is -0.376 e. The molecule has 0 fully saturated rings. The van der Waals surface area contributed by atoms with Gasteiger partial charge in [0.15, 0.2) is 10.9 Å². The summed E-state index contributed by atoms with van der Waals surface area (Å²) in [4.78, 5) is 11.0. The minimum absolute atomic E-state index is 0.0498. The summed E-state index contributed by atoms with van der Waals surface area (Å²) in [5.74, 6) is 0.0498. The van der Waals surface area contributed by atoms with Crippen LogP contribution >= 0.6 is 28.1 Å². The number of benzene rings is 1. The van der Waals surface area contributed by atoms with Crippen LogP contribution in [0.1, 0.15) is 29.8 Å². The number of thiocarbonyl (C=S) groups is 1. The van der Waals surface area contributed by atoms with E-state index in [4.69, 9.17) is 5.73 Å². The van der Waals surface area contributed by atoms with Gasteiger partial charge in [-0.25, -0.2) is 0 Å². The average molecular weight is 399 g/mol. The van der Waals surface area contributed by atoms with Gasteiger partial charge in [-0.3, -0.25) is 9.89 Å². The number of carbonyl (C=O) groups excluding carboxylic acids is 1. The van der Waals surface area contributed by atoms with Crippen LogP contribution in [0.4, 0.5) is 0 Å². The number of nitrogens with one attached hydrogen (secondary N) is 2. The molecule has 7 heteroatoms. The van der Waals surface area contributed by atoms with Crippen molar-refractivity contribution in [1.29, 1.82) is 0 Å². The number of nitrogens with zero attached hydrogens (tertiary/aromatic N) is 1. The fourth-order valence-corrected chi connectivity index (χ4v) is 1.59. The Morgan fingerprint density at radius 1 is 1.43 bits per heavy atom. The number of rotatable bonds is 3. The highest BCUT2D eigenvalue weighted by Crippen LogP contribution is 2.06. The number of alkyl halides is 1. The predicted octanol–water partition coefficient (Wildman–Crippen LogP) is 3.07. The first-order valence-corrected chi connectivity index (χ1v) is 8.42. The van der Waals surface area contributed by atoms with Crippen LogP contribution in [0.15, 0.2) is 42.7 Å². The molecule has 0 amide bonds. The van der Waals surface area contributed by atoms with Gasteiger partial charge in [0, 0.05) is 13.2 Å². The normalized spacial score (nSPS) is 10.3. The molecule has 1 heterocycles. The molecule has 0 aliphatic heterocycles. The quantitative estimate of drug-likeness (QED) is 0.420. The molecule has 0 radical (unpaired) electrons. The minimum atomic E-state index is -0.134. The van der Waals surface area contributed by atoms with Crippen molar-refractivity contribution >= 4 is 39.0 Å². The van der Waals surface area contributed by atoms with Gasteiger partial charge in [0.2, 0.25) is 0 Å². The highest BCUT2D eigenvalue weighted by atomic mass is 79.9. The van der Waals surface area contributed by atoms with Gasteiger partial charge in [-0.1, -0.05) is 53.2 Å². The Hall–Kier alpha value is -1.73. The first-order valence-electron chi connectivity index (χ1n) is 7.10. The second-order valence-electron chi connectivity index (χ2n) is 4.42. The van der Waals surface area contributed by atoms with Gasteiger partial charge in [0.25, 0.3) is 0 Å². The lowest BCUT2D eigenvalue weighted by Crippen LogP contribution is -2.24. The van der Waals surface area contributed by atoms with Crippen LogP contribution in [0.25, 0.3) is 0 Å². The standard InChI is InChI=1S/C8H10.C6H7BrN2O.C2H6N2S/c1-2-8-6-4-3-5-7-8;1-4(7)6(10)5-2-8-9-3-5;1-4-2(3)5/h3-7H,2H2,1H3;2-4H,1H3,(H,8,9);1H3,(H3,3,4,5). The second-order valence-corrected chi connectivity index (χ2v) is 6.23. The molecule has 23 heavy (non-hydrogen) atoms. The molecule has 0 spiro atoms. The van der Waals surface area contributed by atoms with E-state index >= 15 is 0 Å². The number of aromatic amines is 1. The number of H-pyrrole nitrogens is 1. The highest BCUT2D eigenvalue weighted by Gasteiger charge is 2.11. The van der Waals surface area contributed by atoms with Gasteiger partial charge in [-0.05, 0) is 31.1 Å². The molecule has 0 aliphatic carbocycles. The molecule has 1 atom stereocenters. The van der Waals surface area contributed by atoms with E-state index in [0.717, 1.165) is 6.42 Å². The molecule has 4 N–H and O–H groups in total. The van der Waals surface area contributed by atoms with Gasteiger partial charge in [-0.15, -0.1) is 0 Å². The third kappa shape index (κ3) is 10.6. The van der Waals surface area contributed by atoms with Crippen molar-refractivity contribution in [3.8, 4) is 0 Å². The fraction of sp³-hybridized carbons (Fsp3) is 0.312. The maximum absolute atomic E-state index is 11.1. The molecule has 126 valence electrons. The third-order valence-electron chi connectivity index (χ3n) is 2.64. The molecular weight excluding hydrogens is 376 g/mol. The Bertz CT molecular complexity index is 559. The number of carbonyl (C=O) groups is 1. The van der Waals surface area contributed by atoms with E-state index in [2.05, 4.69) is 74.9 Å². The van der Waals surface area contributed by atoms with E-state index in [0.29, 0.717) is 10.7 Å². The molecule has 0 saturated heterocycles. The zero-order valence-corrected chi connectivity index (χ0v) is 15.9. The highest BCUT2D eigenvalue weighted by molar-refractivity contribution is 9.10. The Morgan fingerprint density at radius 2 is 2.00 bits per heavy atom. The number of aryl methyl sites for hydroxylation is 1. The van der Waals surface area contributed by atoms with Gasteiger partial charge in [0.05, 0.1) is 16.6 Å². The van der Waals surface area contributed by atoms with Gasteiger partial charge in [-0.2, -0.15) is 5.10 Å². The molecule has 0 saturated carbocycles. The molecule has 1 aromatic heterocycles. The SMILES string of the molecule is CC(Br)C(=O)c1cn[nH]c1.CCc1ccccc1.CNC(N)=S. The monoisotopic (exact) mass is 398 g/mol. The van der Waals surface area contributed by atoms with Crippen molar-refractivity contribution in [3.63, 3.8) is 0 Å². The zero-order valence-electron chi connectivity index (χ0n) is 13.5. The number of halogens is 1. The summed E-state index contributed by atoms with van der Waals surface area (Å²) in [6.45, 7) is 3.95. The number of hydrogen-bond acceptors (Lipinski definition) is 3. The van der Waals surface area contributed by atoms with Crippen molar-refractivity contribution < 1.29 is 4.79 Å². The number of nitrogens with two attached hydrogens (primary N) is 1. The molecule has 5 nitrogen and oxygen atoms in total. The lowest BCUT2D eigenvalue weighted by molar-refractivity contribution is 0.0996. The predicted molar refractivity (Wildman–Crippen MR) is 103 cm³/mol. The zero-order chi connectivity index (χ0) is 17.7. The van der Waals surface area contributed by atoms with Gasteiger partial charge in [0.1, 0.15) is 0 Å². The second kappa shape index (κ2) is 12.8. The summed E-state index contributed by atoms with van der Waals surface area (Å²) in [6, 6.07) is 10.5. The Labute approximate surface area is 151 Å². The summed E-state index contributed by atoms with van der Waals surface area (Å²) in [7, 11) is 1.68. The molecule has 0 aliphatic rings. The molecular formula is C16H23BrN4OS. The fourth-order valence-electron chi connectivity index (χ4n) is 1.33. The molecule has 1 unspecified atom stereocenters. The van der Waals surface area contributed by atoms with Crippen molar-refractivity contribution in [2.75, 3.05) is 7.05 Å².